The third kappa shape index (κ3) is 2.43. The molecule has 68 valence electrons. The van der Waals surface area contributed by atoms with Crippen LogP contribution >= 0.6 is 12.4 Å². The maximum Gasteiger partial charge on any atom is 0.325 e. The molecular weight excluding hydrogens is 184 g/mol. The molecule has 1 heterocycles. The van der Waals surface area contributed by atoms with E-state index in [-0.39, 0.29) is 24.5 Å². The predicted molar refractivity (Wildman–Crippen MR) is 44.7 cm³/mol. The van der Waals surface area contributed by atoms with Gasteiger partial charge in [0.2, 0.25) is 0 Å². The second-order valence-electron chi connectivity index (χ2n) is 2.26. The summed E-state index contributed by atoms with van der Waals surface area (Å²) in [5.41, 5.74) is 0.348. The molecule has 0 spiro atoms. The number of carbonyl (C=O) groups is 1. The van der Waals surface area contributed by atoms with Gasteiger partial charge in [-0.1, -0.05) is 0 Å². The molecule has 0 amide bonds. The minimum Gasteiger partial charge on any atom is -0.480 e. The van der Waals surface area contributed by atoms with E-state index < -0.39 is 5.97 Å². The van der Waals surface area contributed by atoms with Crippen LogP contribution in [-0.4, -0.2) is 20.9 Å². The summed E-state index contributed by atoms with van der Waals surface area (Å²) in [6.45, 7) is 1.38. The van der Waals surface area contributed by atoms with Crippen molar-refractivity contribution in [3.63, 3.8) is 0 Å². The third-order valence-corrected chi connectivity index (χ3v) is 1.21. The predicted octanol–water partition coefficient (Wildman–Crippen LogP) is -0.00878. The molecule has 0 fully saturated rings. The minimum atomic E-state index is -1.03. The zero-order valence-corrected chi connectivity index (χ0v) is 7.22. The lowest BCUT2D eigenvalue weighted by molar-refractivity contribution is -0.137. The first-order chi connectivity index (χ1) is 5.09. The number of carboxylic acid groups (broad SMARTS) is 1. The molecule has 1 aromatic rings. The van der Waals surface area contributed by atoms with Gasteiger partial charge in [0.25, 0.3) is 5.56 Å². The van der Waals surface area contributed by atoms with Crippen LogP contribution < -0.4 is 5.56 Å². The molecule has 5 nitrogen and oxygen atoms in total. The molecule has 0 aliphatic heterocycles. The maximum absolute atomic E-state index is 10.8. The van der Waals surface area contributed by atoms with Crippen molar-refractivity contribution in [1.82, 2.24) is 9.78 Å². The molecule has 0 saturated carbocycles. The highest BCUT2D eigenvalue weighted by molar-refractivity contribution is 5.85. The van der Waals surface area contributed by atoms with E-state index >= 15 is 0 Å². The van der Waals surface area contributed by atoms with E-state index in [0.717, 1.165) is 4.68 Å². The number of nitrogens with zero attached hydrogens (tertiary/aromatic N) is 1. The van der Waals surface area contributed by atoms with Crippen LogP contribution in [0, 0.1) is 6.92 Å². The molecule has 0 bridgehead atoms. The van der Waals surface area contributed by atoms with Gasteiger partial charge in [-0.15, -0.1) is 12.4 Å². The molecule has 12 heavy (non-hydrogen) atoms. The topological polar surface area (TPSA) is 75.1 Å². The Morgan fingerprint density at radius 3 is 2.67 bits per heavy atom. The van der Waals surface area contributed by atoms with Gasteiger partial charge in [-0.2, -0.15) is 0 Å². The summed E-state index contributed by atoms with van der Waals surface area (Å²) in [6, 6.07) is 1.35. The van der Waals surface area contributed by atoms with Crippen LogP contribution in [-0.2, 0) is 11.3 Å². The summed E-state index contributed by atoms with van der Waals surface area (Å²) >= 11 is 0. The van der Waals surface area contributed by atoms with Crippen molar-refractivity contribution in [3.05, 3.63) is 22.1 Å². The molecule has 0 radical (unpaired) electrons. The van der Waals surface area contributed by atoms with Gasteiger partial charge < -0.3 is 5.11 Å². The van der Waals surface area contributed by atoms with Crippen molar-refractivity contribution >= 4 is 18.4 Å². The van der Waals surface area contributed by atoms with Gasteiger partial charge in [0, 0.05) is 11.8 Å². The Labute approximate surface area is 74.4 Å². The lowest BCUT2D eigenvalue weighted by atomic mass is 10.5. The van der Waals surface area contributed by atoms with Gasteiger partial charge in [-0.05, 0) is 6.92 Å². The fourth-order valence-corrected chi connectivity index (χ4v) is 0.816. The van der Waals surface area contributed by atoms with Crippen LogP contribution in [0.5, 0.6) is 0 Å². The van der Waals surface area contributed by atoms with E-state index in [1.165, 1.54) is 6.07 Å². The highest BCUT2D eigenvalue weighted by Crippen LogP contribution is 1.84. The van der Waals surface area contributed by atoms with Crippen molar-refractivity contribution < 1.29 is 9.90 Å². The van der Waals surface area contributed by atoms with E-state index in [1.807, 2.05) is 0 Å². The largest absolute Gasteiger partial charge is 0.480 e. The number of aromatic nitrogens is 2. The second kappa shape index (κ2) is 3.96. The van der Waals surface area contributed by atoms with Crippen molar-refractivity contribution in [2.24, 2.45) is 0 Å². The smallest absolute Gasteiger partial charge is 0.325 e. The molecule has 1 aromatic heterocycles. The molecule has 2 N–H and O–H groups in total. The third-order valence-electron chi connectivity index (χ3n) is 1.21. The minimum absolute atomic E-state index is 0. The monoisotopic (exact) mass is 192 g/mol. The van der Waals surface area contributed by atoms with Gasteiger partial charge in [-0.3, -0.25) is 14.7 Å². The number of halogens is 1. The van der Waals surface area contributed by atoms with Gasteiger partial charge >= 0.3 is 5.97 Å². The average Bonchev–Trinajstić information content (AvgIpc) is 2.09. The van der Waals surface area contributed by atoms with Crippen LogP contribution in [0.3, 0.4) is 0 Å². The Kier molecular flexibility index (Phi) is 3.56. The lowest BCUT2D eigenvalue weighted by Crippen LogP contribution is -2.20. The molecule has 0 aromatic carbocycles. The molecule has 0 aliphatic rings. The molecule has 0 atom stereocenters. The fraction of sp³-hybridized carbons (Fsp3) is 0.333. The molecular formula is C6H9ClN2O3. The summed E-state index contributed by atoms with van der Waals surface area (Å²) in [7, 11) is 0. The van der Waals surface area contributed by atoms with Crippen LogP contribution in [0.15, 0.2) is 10.9 Å². The lowest BCUT2D eigenvalue weighted by Gasteiger charge is -1.93. The summed E-state index contributed by atoms with van der Waals surface area (Å²) < 4.78 is 1.04. The van der Waals surface area contributed by atoms with Crippen LogP contribution in [0.2, 0.25) is 0 Å². The van der Waals surface area contributed by atoms with Crippen LogP contribution in [0.25, 0.3) is 0 Å². The molecule has 0 unspecified atom stereocenters. The highest BCUT2D eigenvalue weighted by atomic mass is 35.5. The molecule has 1 rings (SSSR count). The Morgan fingerprint density at radius 2 is 2.33 bits per heavy atom. The van der Waals surface area contributed by atoms with Crippen molar-refractivity contribution in [3.8, 4) is 0 Å². The first-order valence-corrected chi connectivity index (χ1v) is 3.08. The quantitative estimate of drug-likeness (QED) is 0.692. The van der Waals surface area contributed by atoms with Crippen molar-refractivity contribution in [2.75, 3.05) is 0 Å². The van der Waals surface area contributed by atoms with E-state index in [2.05, 4.69) is 5.10 Å². The van der Waals surface area contributed by atoms with Gasteiger partial charge in [0.05, 0.1) is 0 Å². The molecule has 0 saturated heterocycles. The Morgan fingerprint density at radius 1 is 1.75 bits per heavy atom. The number of aryl methyl sites for hydroxylation is 1. The number of aliphatic carboxylic acids is 1. The number of rotatable bonds is 2. The number of carboxylic acids is 1. The van der Waals surface area contributed by atoms with E-state index in [0.29, 0.717) is 5.69 Å². The highest BCUT2D eigenvalue weighted by Gasteiger charge is 2.02. The normalized spacial score (nSPS) is 9.08. The number of nitrogens with one attached hydrogen (secondary N) is 1. The van der Waals surface area contributed by atoms with E-state index in [4.69, 9.17) is 5.11 Å². The summed E-state index contributed by atoms with van der Waals surface area (Å²) in [5, 5.41) is 10.9. The maximum atomic E-state index is 10.8. The molecule has 6 heteroatoms. The standard InChI is InChI=1S/C6H8N2O3.ClH/c1-4-2-5(9)8(7-4)3-6(10)11;/h2,7H,3H2,1H3,(H,10,11);1H. The average molecular weight is 193 g/mol. The summed E-state index contributed by atoms with van der Waals surface area (Å²) in [6.07, 6.45) is 0. The van der Waals surface area contributed by atoms with E-state index in [1.54, 1.807) is 6.92 Å². The van der Waals surface area contributed by atoms with Crippen LogP contribution in [0.4, 0.5) is 0 Å². The molecule has 0 aliphatic carbocycles. The zero-order valence-electron chi connectivity index (χ0n) is 6.40. The number of hydrogen-bond acceptors (Lipinski definition) is 2. The summed E-state index contributed by atoms with van der Waals surface area (Å²) in [4.78, 5) is 21.0. The Bertz CT molecular complexity index is 328. The van der Waals surface area contributed by atoms with Crippen LogP contribution in [0.1, 0.15) is 5.69 Å². The van der Waals surface area contributed by atoms with Crippen molar-refractivity contribution in [1.29, 1.82) is 0 Å². The first kappa shape index (κ1) is 10.8. The zero-order chi connectivity index (χ0) is 8.43. The SMILES string of the molecule is Cc1cc(=O)n(CC(=O)O)[nH]1.Cl. The van der Waals surface area contributed by atoms with E-state index in [9.17, 15) is 9.59 Å². The Hall–Kier alpha value is -1.23. The fourth-order valence-electron chi connectivity index (χ4n) is 0.816. The first-order valence-electron chi connectivity index (χ1n) is 3.08. The van der Waals surface area contributed by atoms with Crippen molar-refractivity contribution in [2.45, 2.75) is 13.5 Å². The second-order valence-corrected chi connectivity index (χ2v) is 2.26. The Balaban J connectivity index is 0.00000121. The number of hydrogen-bond donors (Lipinski definition) is 2. The number of H-pyrrole nitrogens is 1. The summed E-state index contributed by atoms with van der Waals surface area (Å²) in [5.74, 6) is -1.03. The van der Waals surface area contributed by atoms with Gasteiger partial charge in [0.15, 0.2) is 0 Å². The number of aromatic amines is 1. The van der Waals surface area contributed by atoms with Gasteiger partial charge in [-0.25, -0.2) is 4.68 Å². The van der Waals surface area contributed by atoms with Gasteiger partial charge in [0.1, 0.15) is 6.54 Å².